The van der Waals surface area contributed by atoms with Crippen LogP contribution in [0.2, 0.25) is 0 Å². The zero-order chi connectivity index (χ0) is 12.4. The standard InChI is InChI=1S/C12H13BrO4/c1-7(14)5-8-6-9-12(17-4-3-16-9)10(13)11(8)15-2/h6H,3-5H2,1-2H3. The van der Waals surface area contributed by atoms with Crippen LogP contribution in [0.3, 0.4) is 0 Å². The zero-order valence-corrected chi connectivity index (χ0v) is 11.3. The third-order valence-corrected chi connectivity index (χ3v) is 3.17. The number of ether oxygens (including phenoxy) is 3. The molecule has 1 aliphatic heterocycles. The molecule has 0 saturated carbocycles. The molecule has 17 heavy (non-hydrogen) atoms. The Morgan fingerprint density at radius 2 is 2.18 bits per heavy atom. The quantitative estimate of drug-likeness (QED) is 0.860. The molecule has 0 spiro atoms. The van der Waals surface area contributed by atoms with Crippen molar-refractivity contribution in [3.8, 4) is 17.2 Å². The average Bonchev–Trinajstić information content (AvgIpc) is 2.29. The van der Waals surface area contributed by atoms with Gasteiger partial charge in [-0.2, -0.15) is 0 Å². The lowest BCUT2D eigenvalue weighted by Gasteiger charge is -2.22. The van der Waals surface area contributed by atoms with Crippen molar-refractivity contribution in [1.29, 1.82) is 0 Å². The molecule has 1 aliphatic rings. The second-order valence-corrected chi connectivity index (χ2v) is 4.58. The molecule has 5 heteroatoms. The van der Waals surface area contributed by atoms with Gasteiger partial charge in [0, 0.05) is 12.0 Å². The van der Waals surface area contributed by atoms with Gasteiger partial charge in [0.1, 0.15) is 29.2 Å². The number of halogens is 1. The predicted octanol–water partition coefficient (Wildman–Crippen LogP) is 2.36. The van der Waals surface area contributed by atoms with E-state index in [4.69, 9.17) is 14.2 Å². The second-order valence-electron chi connectivity index (χ2n) is 3.79. The Bertz CT molecular complexity index is 456. The maximum atomic E-state index is 11.2. The van der Waals surface area contributed by atoms with Crippen LogP contribution in [0.4, 0.5) is 0 Å². The highest BCUT2D eigenvalue weighted by atomic mass is 79.9. The monoisotopic (exact) mass is 300 g/mol. The normalized spacial score (nSPS) is 13.4. The molecule has 1 heterocycles. The molecule has 1 aromatic rings. The average molecular weight is 301 g/mol. The Kier molecular flexibility index (Phi) is 3.57. The summed E-state index contributed by atoms with van der Waals surface area (Å²) in [6.07, 6.45) is 0.318. The third kappa shape index (κ3) is 2.39. The van der Waals surface area contributed by atoms with Crippen LogP contribution in [0, 0.1) is 0 Å². The number of carbonyl (C=O) groups excluding carboxylic acids is 1. The first kappa shape index (κ1) is 12.2. The lowest BCUT2D eigenvalue weighted by molar-refractivity contribution is -0.116. The van der Waals surface area contributed by atoms with Crippen LogP contribution in [0.25, 0.3) is 0 Å². The van der Waals surface area contributed by atoms with Crippen LogP contribution < -0.4 is 14.2 Å². The smallest absolute Gasteiger partial charge is 0.179 e. The molecule has 2 rings (SSSR count). The number of fused-ring (bicyclic) bond motifs is 1. The van der Waals surface area contributed by atoms with E-state index >= 15 is 0 Å². The molecule has 1 aromatic carbocycles. The number of methoxy groups -OCH3 is 1. The van der Waals surface area contributed by atoms with Crippen molar-refractivity contribution >= 4 is 21.7 Å². The highest BCUT2D eigenvalue weighted by Crippen LogP contribution is 2.45. The zero-order valence-electron chi connectivity index (χ0n) is 9.71. The Balaban J connectivity index is 2.51. The van der Waals surface area contributed by atoms with Crippen molar-refractivity contribution in [3.05, 3.63) is 16.1 Å². The van der Waals surface area contributed by atoms with E-state index in [1.807, 2.05) is 0 Å². The predicted molar refractivity (Wildman–Crippen MR) is 66.1 cm³/mol. The van der Waals surface area contributed by atoms with Crippen LogP contribution in [-0.4, -0.2) is 26.1 Å². The number of Topliss-reactive ketones (excluding diaryl/α,β-unsaturated/α-hetero) is 1. The Labute approximate surface area is 108 Å². The summed E-state index contributed by atoms with van der Waals surface area (Å²) in [6.45, 7) is 2.58. The molecule has 0 unspecified atom stereocenters. The molecule has 0 aliphatic carbocycles. The van der Waals surface area contributed by atoms with Crippen LogP contribution in [0.15, 0.2) is 10.5 Å². The summed E-state index contributed by atoms with van der Waals surface area (Å²) < 4.78 is 17.0. The first-order chi connectivity index (χ1) is 8.13. The van der Waals surface area contributed by atoms with Crippen molar-refractivity contribution in [3.63, 3.8) is 0 Å². The molecule has 0 amide bonds. The van der Waals surface area contributed by atoms with Crippen molar-refractivity contribution < 1.29 is 19.0 Å². The summed E-state index contributed by atoms with van der Waals surface area (Å²) in [6, 6.07) is 1.81. The molecule has 0 bridgehead atoms. The number of carbonyl (C=O) groups is 1. The van der Waals surface area contributed by atoms with Gasteiger partial charge >= 0.3 is 0 Å². The molecular weight excluding hydrogens is 288 g/mol. The van der Waals surface area contributed by atoms with E-state index in [-0.39, 0.29) is 5.78 Å². The van der Waals surface area contributed by atoms with Gasteiger partial charge in [-0.25, -0.2) is 0 Å². The number of rotatable bonds is 3. The maximum Gasteiger partial charge on any atom is 0.179 e. The van der Waals surface area contributed by atoms with Gasteiger partial charge in [-0.15, -0.1) is 0 Å². The molecule has 4 nitrogen and oxygen atoms in total. The Hall–Kier alpha value is -1.23. The minimum Gasteiger partial charge on any atom is -0.495 e. The number of hydrogen-bond acceptors (Lipinski definition) is 4. The number of benzene rings is 1. The highest BCUT2D eigenvalue weighted by molar-refractivity contribution is 9.10. The van der Waals surface area contributed by atoms with Crippen LogP contribution >= 0.6 is 15.9 Å². The molecule has 0 fully saturated rings. The van der Waals surface area contributed by atoms with Crippen LogP contribution in [0.1, 0.15) is 12.5 Å². The van der Waals surface area contributed by atoms with Gasteiger partial charge < -0.3 is 14.2 Å². The summed E-state index contributed by atoms with van der Waals surface area (Å²) in [5.41, 5.74) is 0.802. The van der Waals surface area contributed by atoms with Crippen molar-refractivity contribution in [2.45, 2.75) is 13.3 Å². The van der Waals surface area contributed by atoms with Gasteiger partial charge in [0.2, 0.25) is 0 Å². The van der Waals surface area contributed by atoms with E-state index in [0.717, 1.165) is 5.56 Å². The molecule has 0 atom stereocenters. The largest absolute Gasteiger partial charge is 0.495 e. The summed E-state index contributed by atoms with van der Waals surface area (Å²) in [7, 11) is 1.57. The lowest BCUT2D eigenvalue weighted by atomic mass is 10.1. The summed E-state index contributed by atoms with van der Waals surface area (Å²) >= 11 is 3.43. The topological polar surface area (TPSA) is 44.8 Å². The Morgan fingerprint density at radius 3 is 2.82 bits per heavy atom. The van der Waals surface area contributed by atoms with Gasteiger partial charge in [0.15, 0.2) is 11.5 Å². The first-order valence-electron chi connectivity index (χ1n) is 5.28. The van der Waals surface area contributed by atoms with Crippen LogP contribution in [0.5, 0.6) is 17.2 Å². The van der Waals surface area contributed by atoms with E-state index in [9.17, 15) is 4.79 Å². The Morgan fingerprint density at radius 1 is 1.47 bits per heavy atom. The van der Waals surface area contributed by atoms with Gasteiger partial charge in [0.25, 0.3) is 0 Å². The van der Waals surface area contributed by atoms with Crippen molar-refractivity contribution in [1.82, 2.24) is 0 Å². The molecule has 0 aromatic heterocycles. The molecular formula is C12H13BrO4. The fraction of sp³-hybridized carbons (Fsp3) is 0.417. The van der Waals surface area contributed by atoms with Crippen LogP contribution in [-0.2, 0) is 11.2 Å². The van der Waals surface area contributed by atoms with E-state index in [1.165, 1.54) is 0 Å². The molecule has 0 radical (unpaired) electrons. The molecule has 0 saturated heterocycles. The maximum absolute atomic E-state index is 11.2. The van der Waals surface area contributed by atoms with Gasteiger partial charge in [-0.1, -0.05) is 0 Å². The van der Waals surface area contributed by atoms with Crippen molar-refractivity contribution in [2.24, 2.45) is 0 Å². The van der Waals surface area contributed by atoms with Gasteiger partial charge in [-0.3, -0.25) is 4.79 Å². The molecule has 92 valence electrons. The lowest BCUT2D eigenvalue weighted by Crippen LogP contribution is -2.16. The minimum atomic E-state index is 0.0758. The third-order valence-electron chi connectivity index (χ3n) is 2.45. The minimum absolute atomic E-state index is 0.0758. The summed E-state index contributed by atoms with van der Waals surface area (Å²) in [4.78, 5) is 11.2. The summed E-state index contributed by atoms with van der Waals surface area (Å²) in [5, 5.41) is 0. The fourth-order valence-corrected chi connectivity index (χ4v) is 2.53. The number of ketones is 1. The second kappa shape index (κ2) is 4.96. The SMILES string of the molecule is COc1c(CC(C)=O)cc2c(c1Br)OCCO2. The van der Waals surface area contributed by atoms with Gasteiger partial charge in [0.05, 0.1) is 7.11 Å². The first-order valence-corrected chi connectivity index (χ1v) is 6.07. The number of hydrogen-bond donors (Lipinski definition) is 0. The van der Waals surface area contributed by atoms with E-state index in [1.54, 1.807) is 20.1 Å². The van der Waals surface area contributed by atoms with E-state index in [2.05, 4.69) is 15.9 Å². The summed E-state index contributed by atoms with van der Waals surface area (Å²) in [5.74, 6) is 2.00. The van der Waals surface area contributed by atoms with E-state index < -0.39 is 0 Å². The van der Waals surface area contributed by atoms with E-state index in [0.29, 0.717) is 41.4 Å². The fourth-order valence-electron chi connectivity index (χ4n) is 1.80. The molecule has 0 N–H and O–H groups in total. The van der Waals surface area contributed by atoms with Gasteiger partial charge in [-0.05, 0) is 28.9 Å². The highest BCUT2D eigenvalue weighted by Gasteiger charge is 2.22. The van der Waals surface area contributed by atoms with Crippen molar-refractivity contribution in [2.75, 3.05) is 20.3 Å².